The second-order valence-corrected chi connectivity index (χ2v) is 6.56. The van der Waals surface area contributed by atoms with Gasteiger partial charge in [0.2, 0.25) is 0 Å². The third kappa shape index (κ3) is 2.67. The fraction of sp³-hybridized carbons (Fsp3) is 0.143. The highest BCUT2D eigenvalue weighted by atomic mass is 16.3. The van der Waals surface area contributed by atoms with E-state index in [1.165, 1.54) is 0 Å². The van der Waals surface area contributed by atoms with Crippen LogP contribution in [0.15, 0.2) is 78.0 Å². The molecule has 0 fully saturated rings. The first-order valence-electron chi connectivity index (χ1n) is 8.45. The van der Waals surface area contributed by atoms with E-state index >= 15 is 0 Å². The second kappa shape index (κ2) is 6.19. The predicted octanol–water partition coefficient (Wildman–Crippen LogP) is 2.96. The fourth-order valence-corrected chi connectivity index (χ4v) is 3.47. The first kappa shape index (κ1) is 16.1. The molecule has 5 nitrogen and oxygen atoms in total. The summed E-state index contributed by atoms with van der Waals surface area (Å²) in [5, 5.41) is 10.00. The number of pyridine rings is 1. The lowest BCUT2D eigenvalue weighted by Gasteiger charge is -2.28. The van der Waals surface area contributed by atoms with E-state index in [2.05, 4.69) is 23.2 Å². The van der Waals surface area contributed by atoms with Crippen molar-refractivity contribution >= 4 is 5.96 Å². The van der Waals surface area contributed by atoms with Gasteiger partial charge in [0.15, 0.2) is 5.96 Å². The lowest BCUT2D eigenvalue weighted by molar-refractivity contribution is 0.428. The molecule has 3 N–H and O–H groups in total. The largest absolute Gasteiger partial charge is 0.508 e. The molecule has 1 aliphatic rings. The minimum Gasteiger partial charge on any atom is -0.508 e. The first-order chi connectivity index (χ1) is 12.6. The summed E-state index contributed by atoms with van der Waals surface area (Å²) >= 11 is 0. The lowest BCUT2D eigenvalue weighted by Crippen LogP contribution is -2.34. The van der Waals surface area contributed by atoms with Gasteiger partial charge in [0.05, 0.1) is 6.54 Å². The predicted molar refractivity (Wildman–Crippen MR) is 103 cm³/mol. The maximum Gasteiger partial charge on any atom is 0.192 e. The molecule has 1 unspecified atom stereocenters. The number of nitrogens with two attached hydrogens (primary N) is 1. The normalized spacial score (nSPS) is 19.4. The van der Waals surface area contributed by atoms with Crippen molar-refractivity contribution < 1.29 is 5.11 Å². The number of hydrogen-bond donors (Lipinski definition) is 2. The average molecular weight is 344 g/mol. The van der Waals surface area contributed by atoms with Gasteiger partial charge in [-0.1, -0.05) is 36.4 Å². The van der Waals surface area contributed by atoms with Crippen molar-refractivity contribution in [3.8, 4) is 16.9 Å². The van der Waals surface area contributed by atoms with Gasteiger partial charge in [-0.05, 0) is 46.5 Å². The summed E-state index contributed by atoms with van der Waals surface area (Å²) in [6, 6.07) is 19.4. The number of phenolic OH excluding ortho intramolecular Hbond substituents is 1. The molecule has 4 rings (SSSR count). The molecule has 0 radical (unpaired) electrons. The van der Waals surface area contributed by atoms with E-state index in [1.807, 2.05) is 48.5 Å². The summed E-state index contributed by atoms with van der Waals surface area (Å²) in [5.41, 5.74) is 9.51. The molecule has 0 saturated carbocycles. The number of phenols is 1. The lowest BCUT2D eigenvalue weighted by atomic mass is 9.82. The molecule has 0 spiro atoms. The zero-order valence-electron chi connectivity index (χ0n) is 14.5. The van der Waals surface area contributed by atoms with Crippen LogP contribution in [0.5, 0.6) is 5.75 Å². The Balaban J connectivity index is 1.89. The third-order valence-corrected chi connectivity index (χ3v) is 4.82. The van der Waals surface area contributed by atoms with Crippen LogP contribution >= 0.6 is 0 Å². The van der Waals surface area contributed by atoms with Crippen LogP contribution in [0.2, 0.25) is 0 Å². The van der Waals surface area contributed by atoms with Gasteiger partial charge >= 0.3 is 0 Å². The Labute approximate surface area is 152 Å². The molecule has 0 bridgehead atoms. The quantitative estimate of drug-likeness (QED) is 0.766. The zero-order chi connectivity index (χ0) is 18.1. The molecule has 5 heteroatoms. The molecule has 2 aromatic carbocycles. The van der Waals surface area contributed by atoms with Crippen LogP contribution in [0.1, 0.15) is 11.1 Å². The molecular formula is C21H20N4O. The summed E-state index contributed by atoms with van der Waals surface area (Å²) in [5.74, 6) is 0.703. The Hall–Kier alpha value is -3.34. The van der Waals surface area contributed by atoms with Gasteiger partial charge in [0.1, 0.15) is 11.3 Å². The third-order valence-electron chi connectivity index (χ3n) is 4.82. The van der Waals surface area contributed by atoms with Crippen LogP contribution in [0, 0.1) is 0 Å². The number of guanidine groups is 1. The number of aromatic hydroxyl groups is 1. The van der Waals surface area contributed by atoms with E-state index in [0.717, 1.165) is 22.3 Å². The molecule has 1 atom stereocenters. The molecule has 0 amide bonds. The molecule has 26 heavy (non-hydrogen) atoms. The maximum absolute atomic E-state index is 10.00. The highest BCUT2D eigenvalue weighted by molar-refractivity contribution is 5.82. The molecular weight excluding hydrogens is 324 g/mol. The van der Waals surface area contributed by atoms with Crippen LogP contribution in [0.25, 0.3) is 11.1 Å². The number of benzene rings is 2. The smallest absolute Gasteiger partial charge is 0.192 e. The molecule has 1 aliphatic heterocycles. The summed E-state index contributed by atoms with van der Waals surface area (Å²) in [6.45, 7) is 0.610. The number of rotatable bonds is 3. The Morgan fingerprint density at radius 1 is 1.00 bits per heavy atom. The van der Waals surface area contributed by atoms with Crippen molar-refractivity contribution in [3.63, 3.8) is 0 Å². The van der Waals surface area contributed by atoms with Crippen LogP contribution < -0.4 is 5.73 Å². The summed E-state index contributed by atoms with van der Waals surface area (Å²) in [6.07, 6.45) is 3.61. The Kier molecular flexibility index (Phi) is 3.84. The molecule has 3 aromatic rings. The number of nitrogens with zero attached hydrogens (tertiary/aromatic N) is 3. The monoisotopic (exact) mass is 344 g/mol. The minimum absolute atomic E-state index is 0.216. The van der Waals surface area contributed by atoms with Crippen molar-refractivity contribution in [2.24, 2.45) is 10.7 Å². The Morgan fingerprint density at radius 3 is 2.38 bits per heavy atom. The van der Waals surface area contributed by atoms with Crippen LogP contribution in [0.4, 0.5) is 0 Å². The number of likely N-dealkylation sites (N-methyl/N-ethyl adjacent to an activating group) is 1. The molecule has 130 valence electrons. The number of aliphatic imine (C=N–C) groups is 1. The summed E-state index contributed by atoms with van der Waals surface area (Å²) in [4.78, 5) is 11.0. The van der Waals surface area contributed by atoms with E-state index in [9.17, 15) is 5.11 Å². The second-order valence-electron chi connectivity index (χ2n) is 6.56. The summed E-state index contributed by atoms with van der Waals surface area (Å²) < 4.78 is 0. The summed E-state index contributed by atoms with van der Waals surface area (Å²) in [7, 11) is 1.92. The van der Waals surface area contributed by atoms with Gasteiger partial charge in [-0.2, -0.15) is 0 Å². The number of hydrogen-bond acceptors (Lipinski definition) is 5. The van der Waals surface area contributed by atoms with E-state index in [4.69, 9.17) is 10.7 Å². The highest BCUT2D eigenvalue weighted by Crippen LogP contribution is 2.40. The van der Waals surface area contributed by atoms with Crippen molar-refractivity contribution in [2.45, 2.75) is 5.54 Å². The van der Waals surface area contributed by atoms with Gasteiger partial charge in [0, 0.05) is 19.4 Å². The van der Waals surface area contributed by atoms with E-state index in [-0.39, 0.29) is 5.75 Å². The highest BCUT2D eigenvalue weighted by Gasteiger charge is 2.41. The van der Waals surface area contributed by atoms with Crippen molar-refractivity contribution in [1.82, 2.24) is 9.88 Å². The number of aromatic nitrogens is 1. The maximum atomic E-state index is 10.00. The zero-order valence-corrected chi connectivity index (χ0v) is 14.5. The van der Waals surface area contributed by atoms with Gasteiger partial charge in [-0.25, -0.2) is 4.99 Å². The van der Waals surface area contributed by atoms with E-state index in [1.54, 1.807) is 18.3 Å². The first-order valence-corrected chi connectivity index (χ1v) is 8.45. The van der Waals surface area contributed by atoms with Crippen molar-refractivity contribution in [3.05, 3.63) is 84.2 Å². The minimum atomic E-state index is -0.657. The van der Waals surface area contributed by atoms with Gasteiger partial charge in [0.25, 0.3) is 0 Å². The van der Waals surface area contributed by atoms with Crippen LogP contribution in [0.3, 0.4) is 0 Å². The van der Waals surface area contributed by atoms with Crippen molar-refractivity contribution in [2.75, 3.05) is 13.6 Å². The average Bonchev–Trinajstić information content (AvgIpc) is 2.98. The van der Waals surface area contributed by atoms with Crippen LogP contribution in [-0.4, -0.2) is 34.5 Å². The molecule has 2 heterocycles. The van der Waals surface area contributed by atoms with E-state index in [0.29, 0.717) is 12.5 Å². The fourth-order valence-electron chi connectivity index (χ4n) is 3.47. The standard InChI is InChI=1S/C21H20N4O/c1-25-14-21(24-20(25)22,18-8-3-9-19(26)12-18)17-7-2-5-15(11-17)16-6-4-10-23-13-16/h2-13,26H,14H2,1H3,(H2,22,24). The molecule has 0 aliphatic carbocycles. The SMILES string of the molecule is CN1CC(c2cccc(O)c2)(c2cccc(-c3cccnc3)c2)N=C1N. The van der Waals surface area contributed by atoms with E-state index < -0.39 is 5.54 Å². The van der Waals surface area contributed by atoms with Gasteiger partial charge < -0.3 is 15.7 Å². The Morgan fingerprint density at radius 2 is 1.73 bits per heavy atom. The molecule has 0 saturated heterocycles. The Bertz CT molecular complexity index is 971. The van der Waals surface area contributed by atoms with Crippen LogP contribution in [-0.2, 0) is 5.54 Å². The topological polar surface area (TPSA) is 74.7 Å². The van der Waals surface area contributed by atoms with Gasteiger partial charge in [-0.3, -0.25) is 4.98 Å². The molecule has 1 aromatic heterocycles. The van der Waals surface area contributed by atoms with Gasteiger partial charge in [-0.15, -0.1) is 0 Å². The van der Waals surface area contributed by atoms with Crippen molar-refractivity contribution in [1.29, 1.82) is 0 Å².